The molecule has 0 spiro atoms. The lowest BCUT2D eigenvalue weighted by atomic mass is 10.1. The van der Waals surface area contributed by atoms with E-state index in [1.807, 2.05) is 36.7 Å². The molecular weight excluding hydrogens is 419 g/mol. The molecule has 0 aliphatic heterocycles. The third kappa shape index (κ3) is 4.72. The van der Waals surface area contributed by atoms with E-state index in [0.717, 1.165) is 28.2 Å². The van der Waals surface area contributed by atoms with Crippen LogP contribution in [0.3, 0.4) is 0 Å². The fourth-order valence-electron chi connectivity index (χ4n) is 3.88. The number of nitrogens with zero attached hydrogens (tertiary/aromatic N) is 4. The molecule has 170 valence electrons. The van der Waals surface area contributed by atoms with Crippen LogP contribution in [0, 0.1) is 26.6 Å². The van der Waals surface area contributed by atoms with E-state index in [0.29, 0.717) is 30.2 Å². The molecule has 0 saturated heterocycles. The Morgan fingerprint density at radius 1 is 1.09 bits per heavy atom. The summed E-state index contributed by atoms with van der Waals surface area (Å²) in [6.07, 6.45) is 2.09. The molecule has 0 saturated carbocycles. The molecule has 7 heteroatoms. The first-order valence-electron chi connectivity index (χ1n) is 10.9. The van der Waals surface area contributed by atoms with Crippen LogP contribution in [-0.2, 0) is 17.8 Å². The maximum atomic E-state index is 14.0. The highest BCUT2D eigenvalue weighted by Gasteiger charge is 2.19. The van der Waals surface area contributed by atoms with E-state index >= 15 is 0 Å². The Morgan fingerprint density at radius 2 is 1.82 bits per heavy atom. The fourth-order valence-corrected chi connectivity index (χ4v) is 3.88. The first kappa shape index (κ1) is 22.5. The van der Waals surface area contributed by atoms with Crippen molar-refractivity contribution in [3.05, 3.63) is 89.0 Å². The van der Waals surface area contributed by atoms with Crippen molar-refractivity contribution in [2.45, 2.75) is 40.2 Å². The molecule has 0 aliphatic carbocycles. The van der Waals surface area contributed by atoms with E-state index in [1.54, 1.807) is 30.1 Å². The molecule has 0 atom stereocenters. The Kier molecular flexibility index (Phi) is 6.40. The SMILES string of the molecule is Cc1ccccc1-n1nc(C)c(CN(C)C(=O)CCc2ncc(-c3ccccc3F)o2)c1C. The van der Waals surface area contributed by atoms with Gasteiger partial charge >= 0.3 is 0 Å². The van der Waals surface area contributed by atoms with Crippen LogP contribution in [-0.4, -0.2) is 32.6 Å². The van der Waals surface area contributed by atoms with Gasteiger partial charge in [0.05, 0.1) is 23.1 Å². The molecule has 0 fully saturated rings. The van der Waals surface area contributed by atoms with Crippen molar-refractivity contribution in [2.75, 3.05) is 7.05 Å². The Bertz CT molecular complexity index is 1290. The van der Waals surface area contributed by atoms with Crippen LogP contribution in [0.1, 0.15) is 34.8 Å². The van der Waals surface area contributed by atoms with Gasteiger partial charge in [-0.2, -0.15) is 5.10 Å². The largest absolute Gasteiger partial charge is 0.441 e. The number of aryl methyl sites for hydroxylation is 3. The van der Waals surface area contributed by atoms with E-state index in [-0.39, 0.29) is 18.1 Å². The van der Waals surface area contributed by atoms with Gasteiger partial charge in [0.25, 0.3) is 0 Å². The summed E-state index contributed by atoms with van der Waals surface area (Å²) in [7, 11) is 1.78. The van der Waals surface area contributed by atoms with Crippen LogP contribution in [0.5, 0.6) is 0 Å². The van der Waals surface area contributed by atoms with Crippen molar-refractivity contribution in [3.63, 3.8) is 0 Å². The quantitative estimate of drug-likeness (QED) is 0.392. The van der Waals surface area contributed by atoms with Gasteiger partial charge in [-0.05, 0) is 44.5 Å². The molecule has 2 aromatic carbocycles. The first-order chi connectivity index (χ1) is 15.8. The highest BCUT2D eigenvalue weighted by Crippen LogP contribution is 2.24. The minimum atomic E-state index is -0.368. The van der Waals surface area contributed by atoms with Crippen molar-refractivity contribution >= 4 is 5.91 Å². The van der Waals surface area contributed by atoms with Gasteiger partial charge in [-0.3, -0.25) is 4.79 Å². The molecule has 0 bridgehead atoms. The molecule has 0 N–H and O–H groups in total. The number of amides is 1. The number of para-hydroxylation sites is 1. The van der Waals surface area contributed by atoms with Crippen LogP contribution < -0.4 is 0 Å². The lowest BCUT2D eigenvalue weighted by Crippen LogP contribution is -2.27. The summed E-state index contributed by atoms with van der Waals surface area (Å²) >= 11 is 0. The number of carbonyl (C=O) groups excluding carboxylic acids is 1. The zero-order chi connectivity index (χ0) is 23.5. The van der Waals surface area contributed by atoms with Gasteiger partial charge in [0.2, 0.25) is 5.91 Å². The summed E-state index contributed by atoms with van der Waals surface area (Å²) in [5.74, 6) is 0.379. The zero-order valence-corrected chi connectivity index (χ0v) is 19.3. The second kappa shape index (κ2) is 9.40. The van der Waals surface area contributed by atoms with Gasteiger partial charge < -0.3 is 9.32 Å². The number of benzene rings is 2. The third-order valence-corrected chi connectivity index (χ3v) is 5.85. The predicted octanol–water partition coefficient (Wildman–Crippen LogP) is 5.18. The Hall–Kier alpha value is -3.74. The van der Waals surface area contributed by atoms with E-state index in [4.69, 9.17) is 9.52 Å². The van der Waals surface area contributed by atoms with Crippen molar-refractivity contribution in [2.24, 2.45) is 0 Å². The zero-order valence-electron chi connectivity index (χ0n) is 19.3. The molecule has 6 nitrogen and oxygen atoms in total. The maximum absolute atomic E-state index is 14.0. The van der Waals surface area contributed by atoms with Crippen LogP contribution in [0.2, 0.25) is 0 Å². The molecule has 1 amide bonds. The summed E-state index contributed by atoms with van der Waals surface area (Å²) in [5.41, 5.74) is 5.48. The van der Waals surface area contributed by atoms with Crippen molar-refractivity contribution in [1.29, 1.82) is 0 Å². The Labute approximate surface area is 192 Å². The minimum absolute atomic E-state index is 0.0249. The normalized spacial score (nSPS) is 11.1. The maximum Gasteiger partial charge on any atom is 0.223 e. The standard InChI is InChI=1S/C26H27FN4O2/c1-17-9-5-8-12-23(17)31-19(3)21(18(2)29-31)16-30(4)26(32)14-13-25-28-15-24(33-25)20-10-6-7-11-22(20)27/h5-12,15H,13-14,16H2,1-4H3. The Morgan fingerprint density at radius 3 is 2.58 bits per heavy atom. The predicted molar refractivity (Wildman–Crippen MR) is 124 cm³/mol. The number of oxazole rings is 1. The molecule has 2 heterocycles. The molecule has 0 unspecified atom stereocenters. The van der Waals surface area contributed by atoms with Gasteiger partial charge in [0, 0.05) is 37.7 Å². The van der Waals surface area contributed by atoms with Gasteiger partial charge in [0.1, 0.15) is 5.82 Å². The molecular formula is C26H27FN4O2. The number of carbonyl (C=O) groups is 1. The van der Waals surface area contributed by atoms with Crippen molar-refractivity contribution < 1.29 is 13.6 Å². The first-order valence-corrected chi connectivity index (χ1v) is 10.9. The minimum Gasteiger partial charge on any atom is -0.441 e. The highest BCUT2D eigenvalue weighted by molar-refractivity contribution is 5.76. The highest BCUT2D eigenvalue weighted by atomic mass is 19.1. The van der Waals surface area contributed by atoms with Gasteiger partial charge in [-0.25, -0.2) is 14.1 Å². The topological polar surface area (TPSA) is 64.2 Å². The van der Waals surface area contributed by atoms with Crippen molar-refractivity contribution in [3.8, 4) is 17.0 Å². The summed E-state index contributed by atoms with van der Waals surface area (Å²) in [4.78, 5) is 18.7. The molecule has 4 aromatic rings. The molecule has 2 aromatic heterocycles. The Balaban J connectivity index is 1.41. The molecule has 33 heavy (non-hydrogen) atoms. The third-order valence-electron chi connectivity index (χ3n) is 5.85. The number of hydrogen-bond donors (Lipinski definition) is 0. The summed E-state index contributed by atoms with van der Waals surface area (Å²) < 4.78 is 21.6. The average molecular weight is 447 g/mol. The molecule has 0 aliphatic rings. The van der Waals surface area contributed by atoms with Crippen LogP contribution >= 0.6 is 0 Å². The molecule has 0 radical (unpaired) electrons. The average Bonchev–Trinajstić information content (AvgIpc) is 3.38. The van der Waals surface area contributed by atoms with Crippen molar-refractivity contribution in [1.82, 2.24) is 19.7 Å². The monoisotopic (exact) mass is 446 g/mol. The van der Waals surface area contributed by atoms with Crippen LogP contribution in [0.4, 0.5) is 4.39 Å². The second-order valence-corrected chi connectivity index (χ2v) is 8.20. The number of aromatic nitrogens is 3. The fraction of sp³-hybridized carbons (Fsp3) is 0.269. The van der Waals surface area contributed by atoms with E-state index < -0.39 is 0 Å². The smallest absolute Gasteiger partial charge is 0.223 e. The summed E-state index contributed by atoms with van der Waals surface area (Å²) in [6.45, 7) is 6.51. The molecule has 4 rings (SSSR count). The lowest BCUT2D eigenvalue weighted by Gasteiger charge is -2.17. The van der Waals surface area contributed by atoms with Crippen LogP contribution in [0.15, 0.2) is 59.1 Å². The van der Waals surface area contributed by atoms with Gasteiger partial charge in [-0.1, -0.05) is 30.3 Å². The van der Waals surface area contributed by atoms with Gasteiger partial charge in [0.15, 0.2) is 11.7 Å². The van der Waals surface area contributed by atoms with E-state index in [9.17, 15) is 9.18 Å². The number of halogens is 1. The second-order valence-electron chi connectivity index (χ2n) is 8.20. The van der Waals surface area contributed by atoms with Crippen LogP contribution in [0.25, 0.3) is 17.0 Å². The van der Waals surface area contributed by atoms with E-state index in [1.165, 1.54) is 12.3 Å². The van der Waals surface area contributed by atoms with Gasteiger partial charge in [-0.15, -0.1) is 0 Å². The summed E-state index contributed by atoms with van der Waals surface area (Å²) in [6, 6.07) is 14.5. The summed E-state index contributed by atoms with van der Waals surface area (Å²) in [5, 5.41) is 4.71. The van der Waals surface area contributed by atoms with E-state index in [2.05, 4.69) is 18.0 Å². The number of rotatable bonds is 7. The lowest BCUT2D eigenvalue weighted by molar-refractivity contribution is -0.130. The number of hydrogen-bond acceptors (Lipinski definition) is 4.